The molecule has 1 saturated heterocycles. The number of benzene rings is 1. The summed E-state index contributed by atoms with van der Waals surface area (Å²) < 4.78 is 37.7. The Bertz CT molecular complexity index is 525. The summed E-state index contributed by atoms with van der Waals surface area (Å²) in [5.74, 6) is -0.191. The Labute approximate surface area is 140 Å². The van der Waals surface area contributed by atoms with E-state index in [4.69, 9.17) is 0 Å². The van der Waals surface area contributed by atoms with E-state index in [1.165, 1.54) is 12.1 Å². The molecule has 1 amide bonds. The minimum atomic E-state index is -4.33. The molecule has 1 aromatic rings. The van der Waals surface area contributed by atoms with E-state index in [0.717, 1.165) is 50.4 Å². The summed E-state index contributed by atoms with van der Waals surface area (Å²) in [6, 6.07) is 5.02. The Kier molecular flexibility index (Phi) is 6.62. The quantitative estimate of drug-likeness (QED) is 0.832. The highest BCUT2D eigenvalue weighted by Crippen LogP contribution is 2.30. The standard InChI is InChI=1S/C17H24F3N3O/c1-13(14-2-4-15(5-3-14)17(18,19)20)12-16(24)22-8-11-23-9-6-21-7-10-23/h2-5,13,21H,6-12H2,1H3,(H,22,24). The Hall–Kier alpha value is -1.60. The van der Waals surface area contributed by atoms with Crippen molar-refractivity contribution in [2.24, 2.45) is 0 Å². The second-order valence-electron chi connectivity index (χ2n) is 6.17. The van der Waals surface area contributed by atoms with Crippen LogP contribution in [0.1, 0.15) is 30.4 Å². The zero-order valence-electron chi connectivity index (χ0n) is 13.8. The molecule has 0 radical (unpaired) electrons. The van der Waals surface area contributed by atoms with Crippen LogP contribution in [-0.2, 0) is 11.0 Å². The van der Waals surface area contributed by atoms with Crippen molar-refractivity contribution in [1.82, 2.24) is 15.5 Å². The molecule has 134 valence electrons. The lowest BCUT2D eigenvalue weighted by molar-refractivity contribution is -0.137. The van der Waals surface area contributed by atoms with E-state index in [1.54, 1.807) is 0 Å². The van der Waals surface area contributed by atoms with Gasteiger partial charge in [-0.3, -0.25) is 9.69 Å². The number of hydrogen-bond acceptors (Lipinski definition) is 3. The SMILES string of the molecule is CC(CC(=O)NCCN1CCNCC1)c1ccc(C(F)(F)F)cc1. The van der Waals surface area contributed by atoms with E-state index in [2.05, 4.69) is 15.5 Å². The molecule has 1 atom stereocenters. The predicted octanol–water partition coefficient (Wildman–Crippen LogP) is 2.22. The Balaban J connectivity index is 1.74. The van der Waals surface area contributed by atoms with Crippen LogP contribution in [0.25, 0.3) is 0 Å². The first-order valence-corrected chi connectivity index (χ1v) is 8.23. The van der Waals surface area contributed by atoms with Crippen LogP contribution in [0.2, 0.25) is 0 Å². The molecule has 2 N–H and O–H groups in total. The van der Waals surface area contributed by atoms with Crippen LogP contribution in [0.5, 0.6) is 0 Å². The molecule has 1 fully saturated rings. The van der Waals surface area contributed by atoms with Crippen molar-refractivity contribution in [3.8, 4) is 0 Å². The first-order chi connectivity index (χ1) is 11.4. The number of rotatable bonds is 6. The fourth-order valence-corrected chi connectivity index (χ4v) is 2.76. The Morgan fingerprint density at radius 3 is 2.46 bits per heavy atom. The number of carbonyl (C=O) groups is 1. The van der Waals surface area contributed by atoms with Gasteiger partial charge >= 0.3 is 6.18 Å². The number of nitrogens with one attached hydrogen (secondary N) is 2. The minimum absolute atomic E-state index is 0.0717. The molecular formula is C17H24F3N3O. The summed E-state index contributed by atoms with van der Waals surface area (Å²) in [6.07, 6.45) is -4.06. The first-order valence-electron chi connectivity index (χ1n) is 8.23. The second kappa shape index (κ2) is 8.48. The van der Waals surface area contributed by atoms with Crippen molar-refractivity contribution >= 4 is 5.91 Å². The maximum atomic E-state index is 12.6. The summed E-state index contributed by atoms with van der Waals surface area (Å²) in [5, 5.41) is 6.16. The van der Waals surface area contributed by atoms with E-state index >= 15 is 0 Å². The fourth-order valence-electron chi connectivity index (χ4n) is 2.76. The molecule has 0 saturated carbocycles. The van der Waals surface area contributed by atoms with Crippen molar-refractivity contribution in [2.75, 3.05) is 39.3 Å². The van der Waals surface area contributed by atoms with Gasteiger partial charge in [-0.1, -0.05) is 19.1 Å². The van der Waals surface area contributed by atoms with Gasteiger partial charge in [-0.15, -0.1) is 0 Å². The van der Waals surface area contributed by atoms with Crippen LogP contribution in [-0.4, -0.2) is 50.1 Å². The summed E-state index contributed by atoms with van der Waals surface area (Å²) in [5.41, 5.74) is 0.0687. The summed E-state index contributed by atoms with van der Waals surface area (Å²) in [6.45, 7) is 7.17. The van der Waals surface area contributed by atoms with Crippen molar-refractivity contribution in [1.29, 1.82) is 0 Å². The first kappa shape index (κ1) is 18.7. The third-order valence-corrected chi connectivity index (χ3v) is 4.26. The number of piperazine rings is 1. The van der Waals surface area contributed by atoms with Crippen molar-refractivity contribution in [3.63, 3.8) is 0 Å². The molecule has 0 aliphatic carbocycles. The smallest absolute Gasteiger partial charge is 0.355 e. The lowest BCUT2D eigenvalue weighted by atomic mass is 9.96. The van der Waals surface area contributed by atoms with Gasteiger partial charge in [0.15, 0.2) is 0 Å². The van der Waals surface area contributed by atoms with Crippen LogP contribution in [0, 0.1) is 0 Å². The van der Waals surface area contributed by atoms with Crippen molar-refractivity contribution in [3.05, 3.63) is 35.4 Å². The third kappa shape index (κ3) is 5.79. The van der Waals surface area contributed by atoms with Gasteiger partial charge in [-0.2, -0.15) is 13.2 Å². The van der Waals surface area contributed by atoms with Gasteiger partial charge in [-0.05, 0) is 23.6 Å². The maximum absolute atomic E-state index is 12.6. The Morgan fingerprint density at radius 2 is 1.88 bits per heavy atom. The van der Waals surface area contributed by atoms with Crippen LogP contribution in [0.3, 0.4) is 0 Å². The average molecular weight is 343 g/mol. The molecule has 2 rings (SSSR count). The van der Waals surface area contributed by atoms with Gasteiger partial charge in [0.2, 0.25) is 5.91 Å². The molecule has 1 heterocycles. The molecule has 1 unspecified atom stereocenters. The number of alkyl halides is 3. The van der Waals surface area contributed by atoms with Crippen LogP contribution in [0.4, 0.5) is 13.2 Å². The number of hydrogen-bond donors (Lipinski definition) is 2. The highest BCUT2D eigenvalue weighted by atomic mass is 19.4. The molecule has 1 aliphatic heterocycles. The van der Waals surface area contributed by atoms with E-state index in [-0.39, 0.29) is 18.2 Å². The van der Waals surface area contributed by atoms with Crippen LogP contribution >= 0.6 is 0 Å². The maximum Gasteiger partial charge on any atom is 0.416 e. The van der Waals surface area contributed by atoms with Crippen LogP contribution < -0.4 is 10.6 Å². The van der Waals surface area contributed by atoms with Crippen molar-refractivity contribution in [2.45, 2.75) is 25.4 Å². The summed E-state index contributed by atoms with van der Waals surface area (Å²) in [7, 11) is 0. The Morgan fingerprint density at radius 1 is 1.25 bits per heavy atom. The van der Waals surface area contributed by atoms with Gasteiger partial charge in [0.1, 0.15) is 0 Å². The van der Waals surface area contributed by atoms with E-state index in [9.17, 15) is 18.0 Å². The molecule has 4 nitrogen and oxygen atoms in total. The van der Waals surface area contributed by atoms with Gasteiger partial charge in [0.25, 0.3) is 0 Å². The lowest BCUT2D eigenvalue weighted by Crippen LogP contribution is -2.46. The van der Waals surface area contributed by atoms with Gasteiger partial charge in [0.05, 0.1) is 5.56 Å². The normalized spacial score (nSPS) is 17.5. The molecule has 0 aromatic heterocycles. The number of carbonyl (C=O) groups excluding carboxylic acids is 1. The largest absolute Gasteiger partial charge is 0.416 e. The highest BCUT2D eigenvalue weighted by molar-refractivity contribution is 5.76. The van der Waals surface area contributed by atoms with Gasteiger partial charge in [0, 0.05) is 45.7 Å². The van der Waals surface area contributed by atoms with E-state index < -0.39 is 11.7 Å². The van der Waals surface area contributed by atoms with E-state index in [0.29, 0.717) is 6.54 Å². The number of halogens is 3. The van der Waals surface area contributed by atoms with Crippen LogP contribution in [0.15, 0.2) is 24.3 Å². The topological polar surface area (TPSA) is 44.4 Å². The van der Waals surface area contributed by atoms with Crippen molar-refractivity contribution < 1.29 is 18.0 Å². The zero-order valence-corrected chi connectivity index (χ0v) is 13.8. The van der Waals surface area contributed by atoms with Gasteiger partial charge in [-0.25, -0.2) is 0 Å². The minimum Gasteiger partial charge on any atom is -0.355 e. The zero-order chi connectivity index (χ0) is 17.6. The molecule has 0 bridgehead atoms. The second-order valence-corrected chi connectivity index (χ2v) is 6.17. The van der Waals surface area contributed by atoms with Gasteiger partial charge < -0.3 is 10.6 Å². The lowest BCUT2D eigenvalue weighted by Gasteiger charge is -2.27. The summed E-state index contributed by atoms with van der Waals surface area (Å²) >= 11 is 0. The molecule has 0 spiro atoms. The number of nitrogens with zero attached hydrogens (tertiary/aromatic N) is 1. The van der Waals surface area contributed by atoms with E-state index in [1.807, 2.05) is 6.92 Å². The third-order valence-electron chi connectivity index (χ3n) is 4.26. The number of amides is 1. The fraction of sp³-hybridized carbons (Fsp3) is 0.588. The molecular weight excluding hydrogens is 319 g/mol. The molecule has 1 aliphatic rings. The average Bonchev–Trinajstić information content (AvgIpc) is 2.55. The monoisotopic (exact) mass is 343 g/mol. The summed E-state index contributed by atoms with van der Waals surface area (Å²) in [4.78, 5) is 14.3. The predicted molar refractivity (Wildman–Crippen MR) is 86.8 cm³/mol. The highest BCUT2D eigenvalue weighted by Gasteiger charge is 2.30. The molecule has 1 aromatic carbocycles. The molecule has 24 heavy (non-hydrogen) atoms. The molecule has 7 heteroatoms.